The quantitative estimate of drug-likeness (QED) is 0.328. The predicted octanol–water partition coefficient (Wildman–Crippen LogP) is 8.78. The van der Waals surface area contributed by atoms with Crippen LogP contribution in [-0.4, -0.2) is 0 Å². The molecule has 31 heavy (non-hydrogen) atoms. The molecule has 4 heteroatoms. The van der Waals surface area contributed by atoms with Gasteiger partial charge in [0.1, 0.15) is 5.82 Å². The summed E-state index contributed by atoms with van der Waals surface area (Å²) >= 11 is 0. The van der Waals surface area contributed by atoms with Crippen molar-refractivity contribution in [3.63, 3.8) is 0 Å². The van der Waals surface area contributed by atoms with Gasteiger partial charge in [-0.3, -0.25) is 0 Å². The standard InChI is InChI=1S/C27H30F4/c1-2-3-4-18-5-6-23-16-22(12-11-21(23)15-18)19-7-9-20(10-8-19)24-13-14-25(26(28)17-24)27(29,30)31/h2,7-10,13-14,17-18,21-23H,1,3-6,11-12,15-16H2. The first kappa shape index (κ1) is 22.1. The number of hydrogen-bond acceptors (Lipinski definition) is 0. The van der Waals surface area contributed by atoms with Gasteiger partial charge in [-0.1, -0.05) is 42.8 Å². The Kier molecular flexibility index (Phi) is 6.55. The van der Waals surface area contributed by atoms with Gasteiger partial charge >= 0.3 is 6.18 Å². The maximum Gasteiger partial charge on any atom is 0.419 e. The highest BCUT2D eigenvalue weighted by atomic mass is 19.4. The van der Waals surface area contributed by atoms with Crippen LogP contribution in [0.3, 0.4) is 0 Å². The zero-order chi connectivity index (χ0) is 22.0. The second-order valence-corrected chi connectivity index (χ2v) is 9.39. The molecule has 0 nitrogen and oxygen atoms in total. The second-order valence-electron chi connectivity index (χ2n) is 9.39. The van der Waals surface area contributed by atoms with E-state index in [0.717, 1.165) is 41.9 Å². The normalized spacial score (nSPS) is 26.3. The molecule has 0 N–H and O–H groups in total. The Balaban J connectivity index is 1.40. The van der Waals surface area contributed by atoms with Gasteiger partial charge in [0, 0.05) is 0 Å². The molecule has 2 aromatic carbocycles. The number of halogens is 4. The van der Waals surface area contributed by atoms with E-state index in [2.05, 4.69) is 18.7 Å². The molecule has 2 saturated carbocycles. The monoisotopic (exact) mass is 430 g/mol. The molecule has 0 aromatic heterocycles. The SMILES string of the molecule is C=CCCC1CCC2CC(c3ccc(-c4ccc(C(F)(F)F)c(F)c4)cc3)CCC2C1. The fraction of sp³-hybridized carbons (Fsp3) is 0.481. The second kappa shape index (κ2) is 9.18. The van der Waals surface area contributed by atoms with Crippen LogP contribution >= 0.6 is 0 Å². The van der Waals surface area contributed by atoms with Gasteiger partial charge in [0.05, 0.1) is 5.56 Å². The average molecular weight is 431 g/mol. The zero-order valence-corrected chi connectivity index (χ0v) is 17.8. The molecule has 2 aliphatic rings. The lowest BCUT2D eigenvalue weighted by molar-refractivity contribution is -0.139. The maximum absolute atomic E-state index is 13.9. The number of rotatable bonds is 5. The minimum Gasteiger partial charge on any atom is -0.206 e. The van der Waals surface area contributed by atoms with E-state index >= 15 is 0 Å². The molecular formula is C27H30F4. The molecule has 0 spiro atoms. The summed E-state index contributed by atoms with van der Waals surface area (Å²) in [6, 6.07) is 11.1. The largest absolute Gasteiger partial charge is 0.419 e. The summed E-state index contributed by atoms with van der Waals surface area (Å²) < 4.78 is 52.3. The molecule has 0 saturated heterocycles. The summed E-state index contributed by atoms with van der Waals surface area (Å²) in [5, 5.41) is 0. The Morgan fingerprint density at radius 2 is 1.55 bits per heavy atom. The fourth-order valence-electron chi connectivity index (χ4n) is 5.78. The highest BCUT2D eigenvalue weighted by Crippen LogP contribution is 2.48. The Morgan fingerprint density at radius 3 is 2.23 bits per heavy atom. The van der Waals surface area contributed by atoms with Gasteiger partial charge in [0.2, 0.25) is 0 Å². The maximum atomic E-state index is 13.9. The Labute approximate surface area is 182 Å². The van der Waals surface area contributed by atoms with Crippen molar-refractivity contribution in [3.05, 3.63) is 72.1 Å². The van der Waals surface area contributed by atoms with Crippen molar-refractivity contribution >= 4 is 0 Å². The minimum absolute atomic E-state index is 0.471. The van der Waals surface area contributed by atoms with Crippen molar-refractivity contribution in [1.82, 2.24) is 0 Å². The lowest BCUT2D eigenvalue weighted by atomic mass is 9.63. The molecule has 0 bridgehead atoms. The third-order valence-electron chi connectivity index (χ3n) is 7.49. The first-order chi connectivity index (χ1) is 14.8. The van der Waals surface area contributed by atoms with Crippen molar-refractivity contribution < 1.29 is 17.6 Å². The summed E-state index contributed by atoms with van der Waals surface area (Å²) in [6.45, 7) is 3.85. The van der Waals surface area contributed by atoms with Crippen molar-refractivity contribution in [2.75, 3.05) is 0 Å². The molecule has 4 unspecified atom stereocenters. The van der Waals surface area contributed by atoms with Crippen molar-refractivity contribution in [2.24, 2.45) is 17.8 Å². The molecule has 0 heterocycles. The number of fused-ring (bicyclic) bond motifs is 1. The van der Waals surface area contributed by atoms with E-state index in [1.54, 1.807) is 0 Å². The van der Waals surface area contributed by atoms with Crippen LogP contribution in [0.4, 0.5) is 17.6 Å². The van der Waals surface area contributed by atoms with Crippen LogP contribution in [0, 0.1) is 23.6 Å². The Hall–Kier alpha value is -2.10. The van der Waals surface area contributed by atoms with Gasteiger partial charge in [-0.05, 0) is 97.4 Å². The van der Waals surface area contributed by atoms with Crippen LogP contribution in [0.15, 0.2) is 55.1 Å². The molecule has 2 aromatic rings. The highest BCUT2D eigenvalue weighted by molar-refractivity contribution is 5.64. The molecule has 2 fully saturated rings. The van der Waals surface area contributed by atoms with Crippen LogP contribution < -0.4 is 0 Å². The van der Waals surface area contributed by atoms with Crippen LogP contribution in [0.5, 0.6) is 0 Å². The van der Waals surface area contributed by atoms with Crippen LogP contribution in [0.1, 0.15) is 68.4 Å². The molecule has 0 aliphatic heterocycles. The third-order valence-corrected chi connectivity index (χ3v) is 7.49. The Bertz CT molecular complexity index is 896. The van der Waals surface area contributed by atoms with Gasteiger partial charge in [-0.15, -0.1) is 6.58 Å². The van der Waals surface area contributed by atoms with Gasteiger partial charge in [-0.25, -0.2) is 4.39 Å². The van der Waals surface area contributed by atoms with E-state index < -0.39 is 17.6 Å². The highest BCUT2D eigenvalue weighted by Gasteiger charge is 2.36. The van der Waals surface area contributed by atoms with Gasteiger partial charge in [-0.2, -0.15) is 13.2 Å². The molecule has 4 rings (SSSR count). The lowest BCUT2D eigenvalue weighted by Gasteiger charge is -2.42. The van der Waals surface area contributed by atoms with E-state index in [1.165, 1.54) is 56.6 Å². The number of benzene rings is 2. The fourth-order valence-corrected chi connectivity index (χ4v) is 5.78. The van der Waals surface area contributed by atoms with Crippen LogP contribution in [-0.2, 0) is 6.18 Å². The Morgan fingerprint density at radius 1 is 0.871 bits per heavy atom. The van der Waals surface area contributed by atoms with E-state index in [1.807, 2.05) is 18.2 Å². The lowest BCUT2D eigenvalue weighted by Crippen LogP contribution is -2.30. The van der Waals surface area contributed by atoms with Crippen molar-refractivity contribution in [2.45, 2.75) is 63.5 Å². The summed E-state index contributed by atoms with van der Waals surface area (Å²) in [5.41, 5.74) is 1.29. The smallest absolute Gasteiger partial charge is 0.206 e. The number of allylic oxidation sites excluding steroid dienone is 1. The summed E-state index contributed by atoms with van der Waals surface area (Å²) in [4.78, 5) is 0. The molecule has 2 aliphatic carbocycles. The number of alkyl halides is 3. The van der Waals surface area contributed by atoms with Crippen molar-refractivity contribution in [3.8, 4) is 11.1 Å². The predicted molar refractivity (Wildman–Crippen MR) is 117 cm³/mol. The molecule has 0 radical (unpaired) electrons. The molecule has 4 atom stereocenters. The third kappa shape index (κ3) is 5.05. The van der Waals surface area contributed by atoms with Gasteiger partial charge in [0.25, 0.3) is 0 Å². The topological polar surface area (TPSA) is 0 Å². The zero-order valence-electron chi connectivity index (χ0n) is 17.8. The van der Waals surface area contributed by atoms with E-state index in [-0.39, 0.29) is 0 Å². The summed E-state index contributed by atoms with van der Waals surface area (Å²) in [7, 11) is 0. The molecular weight excluding hydrogens is 400 g/mol. The van der Waals surface area contributed by atoms with Gasteiger partial charge < -0.3 is 0 Å². The number of hydrogen-bond donors (Lipinski definition) is 0. The molecule has 0 amide bonds. The van der Waals surface area contributed by atoms with E-state index in [0.29, 0.717) is 11.5 Å². The first-order valence-corrected chi connectivity index (χ1v) is 11.4. The minimum atomic E-state index is -4.67. The van der Waals surface area contributed by atoms with E-state index in [4.69, 9.17) is 0 Å². The van der Waals surface area contributed by atoms with E-state index in [9.17, 15) is 17.6 Å². The summed E-state index contributed by atoms with van der Waals surface area (Å²) in [5.74, 6) is 1.84. The molecule has 166 valence electrons. The van der Waals surface area contributed by atoms with Crippen molar-refractivity contribution in [1.29, 1.82) is 0 Å². The average Bonchev–Trinajstić information content (AvgIpc) is 2.76. The van der Waals surface area contributed by atoms with Crippen LogP contribution in [0.25, 0.3) is 11.1 Å². The summed E-state index contributed by atoms with van der Waals surface area (Å²) in [6.07, 6.45) is 7.50. The van der Waals surface area contributed by atoms with Crippen LogP contribution in [0.2, 0.25) is 0 Å². The first-order valence-electron chi connectivity index (χ1n) is 11.4. The van der Waals surface area contributed by atoms with Gasteiger partial charge in [0.15, 0.2) is 0 Å².